The predicted molar refractivity (Wildman–Crippen MR) is 78.3 cm³/mol. The van der Waals surface area contributed by atoms with E-state index in [0.29, 0.717) is 36.3 Å². The Hall–Kier alpha value is -2.56. The molecule has 1 heterocycles. The summed E-state index contributed by atoms with van der Waals surface area (Å²) in [5, 5.41) is 0. The monoisotopic (exact) mass is 287 g/mol. The van der Waals surface area contributed by atoms with Gasteiger partial charge in [-0.2, -0.15) is 0 Å². The molecule has 5 heteroatoms. The van der Waals surface area contributed by atoms with Gasteiger partial charge >= 0.3 is 0 Å². The van der Waals surface area contributed by atoms with Gasteiger partial charge in [-0.05, 0) is 36.2 Å². The molecule has 1 aromatic carbocycles. The van der Waals surface area contributed by atoms with Crippen LogP contribution in [0.3, 0.4) is 0 Å². The molecule has 0 spiro atoms. The highest BCUT2D eigenvalue weighted by atomic mass is 16.5. The lowest BCUT2D eigenvalue weighted by Gasteiger charge is -2.09. The zero-order valence-corrected chi connectivity index (χ0v) is 12.0. The van der Waals surface area contributed by atoms with Gasteiger partial charge in [-0.25, -0.2) is 0 Å². The maximum Gasteiger partial charge on any atom is 0.231 e. The van der Waals surface area contributed by atoms with Crippen molar-refractivity contribution in [3.05, 3.63) is 47.8 Å². The zero-order valence-electron chi connectivity index (χ0n) is 12.0. The molecule has 0 saturated heterocycles. The molecular weight excluding hydrogens is 270 g/mol. The number of aromatic nitrogens is 1. The molecule has 1 aromatic heterocycles. The number of aryl methyl sites for hydroxylation is 1. The second kappa shape index (κ2) is 6.74. The number of carbonyl (C=O) groups excluding carboxylic acids is 2. The predicted octanol–water partition coefficient (Wildman–Crippen LogP) is 2.59. The number of benzene rings is 1. The molecule has 0 aliphatic rings. The van der Waals surface area contributed by atoms with Crippen LogP contribution in [0.2, 0.25) is 0 Å². The van der Waals surface area contributed by atoms with Crippen molar-refractivity contribution in [2.75, 3.05) is 14.2 Å². The highest BCUT2D eigenvalue weighted by Gasteiger charge is 2.10. The Labute approximate surface area is 123 Å². The Bertz CT molecular complexity index is 645. The lowest BCUT2D eigenvalue weighted by molar-refractivity contribution is 0.0892. The number of hydrogen-bond donors (Lipinski definition) is 0. The molecule has 0 atom stereocenters. The fourth-order valence-electron chi connectivity index (χ4n) is 2.13. The summed E-state index contributed by atoms with van der Waals surface area (Å²) in [6, 6.07) is 8.85. The zero-order chi connectivity index (χ0) is 15.2. The van der Waals surface area contributed by atoms with E-state index in [0.717, 1.165) is 5.56 Å². The number of methoxy groups -OCH3 is 2. The summed E-state index contributed by atoms with van der Waals surface area (Å²) in [7, 11) is 3.15. The second-order valence-corrected chi connectivity index (χ2v) is 4.50. The molecule has 0 unspecified atom stereocenters. The van der Waals surface area contributed by atoms with E-state index < -0.39 is 0 Å². The van der Waals surface area contributed by atoms with Gasteiger partial charge in [0.1, 0.15) is 0 Å². The van der Waals surface area contributed by atoms with Gasteiger partial charge in [-0.15, -0.1) is 0 Å². The molecule has 0 amide bonds. The first-order valence-electron chi connectivity index (χ1n) is 6.56. The van der Waals surface area contributed by atoms with Crippen molar-refractivity contribution in [3.8, 4) is 11.5 Å². The summed E-state index contributed by atoms with van der Waals surface area (Å²) in [5.41, 5.74) is 1.34. The topological polar surface area (TPSA) is 57.5 Å². The summed E-state index contributed by atoms with van der Waals surface area (Å²) in [4.78, 5) is 22.9. The minimum absolute atomic E-state index is 0.114. The molecular formula is C16H17NO4. The third kappa shape index (κ3) is 3.31. The van der Waals surface area contributed by atoms with E-state index in [9.17, 15) is 9.59 Å². The highest BCUT2D eigenvalue weighted by Crippen LogP contribution is 2.28. The number of carbonyl (C=O) groups is 2. The van der Waals surface area contributed by atoms with Crippen molar-refractivity contribution < 1.29 is 19.1 Å². The van der Waals surface area contributed by atoms with Crippen LogP contribution in [0.25, 0.3) is 0 Å². The average Bonchev–Trinajstić information content (AvgIpc) is 3.00. The second-order valence-electron chi connectivity index (χ2n) is 4.50. The van der Waals surface area contributed by atoms with Crippen LogP contribution in [0.15, 0.2) is 36.5 Å². The van der Waals surface area contributed by atoms with Gasteiger partial charge in [0.15, 0.2) is 17.8 Å². The molecule has 2 aromatic rings. The number of aldehydes is 1. The van der Waals surface area contributed by atoms with Crippen LogP contribution in [0.1, 0.15) is 27.3 Å². The van der Waals surface area contributed by atoms with Crippen molar-refractivity contribution in [3.63, 3.8) is 0 Å². The third-order valence-electron chi connectivity index (χ3n) is 3.25. The van der Waals surface area contributed by atoms with Crippen molar-refractivity contribution in [2.45, 2.75) is 12.8 Å². The van der Waals surface area contributed by atoms with Crippen LogP contribution in [0, 0.1) is 0 Å². The molecule has 0 aliphatic carbocycles. The standard InChI is InChI=1S/C16H17NO4/c1-20-14-7-5-12(10-15(14)21-2)6-8-16(19)17-9-3-4-13(17)11-18/h3-5,7,9-11H,6,8H2,1-2H3. The lowest BCUT2D eigenvalue weighted by Crippen LogP contribution is -2.13. The van der Waals surface area contributed by atoms with Crippen LogP contribution in [-0.2, 0) is 6.42 Å². The first kappa shape index (κ1) is 14.8. The smallest absolute Gasteiger partial charge is 0.231 e. The van der Waals surface area contributed by atoms with Gasteiger partial charge in [0.25, 0.3) is 0 Å². The molecule has 0 fully saturated rings. The summed E-state index contributed by atoms with van der Waals surface area (Å²) in [5.74, 6) is 1.18. The van der Waals surface area contributed by atoms with E-state index in [1.165, 1.54) is 4.57 Å². The number of rotatable bonds is 6. The summed E-state index contributed by atoms with van der Waals surface area (Å²) in [6.45, 7) is 0. The van der Waals surface area contributed by atoms with Gasteiger partial charge in [0, 0.05) is 12.6 Å². The maximum absolute atomic E-state index is 12.1. The third-order valence-corrected chi connectivity index (χ3v) is 3.25. The van der Waals surface area contributed by atoms with Gasteiger partial charge in [-0.3, -0.25) is 14.2 Å². The molecule has 110 valence electrons. The van der Waals surface area contributed by atoms with Crippen molar-refractivity contribution in [1.29, 1.82) is 0 Å². The highest BCUT2D eigenvalue weighted by molar-refractivity contribution is 5.86. The van der Waals surface area contributed by atoms with E-state index in [2.05, 4.69) is 0 Å². The number of hydrogen-bond acceptors (Lipinski definition) is 4. The molecule has 0 aliphatic heterocycles. The summed E-state index contributed by atoms with van der Waals surface area (Å²) in [6.07, 6.45) is 3.15. The SMILES string of the molecule is COc1ccc(CCC(=O)n2cccc2C=O)cc1OC. The molecule has 5 nitrogen and oxygen atoms in total. The number of ether oxygens (including phenoxy) is 2. The van der Waals surface area contributed by atoms with Crippen LogP contribution in [-0.4, -0.2) is 31.0 Å². The largest absolute Gasteiger partial charge is 0.493 e. The van der Waals surface area contributed by atoms with Gasteiger partial charge in [0.2, 0.25) is 5.91 Å². The molecule has 0 N–H and O–H groups in total. The summed E-state index contributed by atoms with van der Waals surface area (Å²) < 4.78 is 11.8. The van der Waals surface area contributed by atoms with E-state index in [1.807, 2.05) is 18.2 Å². The van der Waals surface area contributed by atoms with Gasteiger partial charge in [-0.1, -0.05) is 6.07 Å². The van der Waals surface area contributed by atoms with E-state index in [1.54, 1.807) is 32.5 Å². The Morgan fingerprint density at radius 1 is 1.19 bits per heavy atom. The molecule has 2 rings (SSSR count). The molecule has 0 bridgehead atoms. The fraction of sp³-hybridized carbons (Fsp3) is 0.250. The number of nitrogens with zero attached hydrogens (tertiary/aromatic N) is 1. The molecule has 0 saturated carbocycles. The summed E-state index contributed by atoms with van der Waals surface area (Å²) >= 11 is 0. The van der Waals surface area contributed by atoms with E-state index in [-0.39, 0.29) is 5.91 Å². The Balaban J connectivity index is 2.06. The average molecular weight is 287 g/mol. The van der Waals surface area contributed by atoms with Crippen molar-refractivity contribution in [2.24, 2.45) is 0 Å². The van der Waals surface area contributed by atoms with Crippen LogP contribution >= 0.6 is 0 Å². The van der Waals surface area contributed by atoms with Crippen molar-refractivity contribution >= 4 is 12.2 Å². The Morgan fingerprint density at radius 3 is 2.62 bits per heavy atom. The lowest BCUT2D eigenvalue weighted by atomic mass is 10.1. The van der Waals surface area contributed by atoms with Crippen molar-refractivity contribution in [1.82, 2.24) is 4.57 Å². The molecule has 0 radical (unpaired) electrons. The van der Waals surface area contributed by atoms with E-state index >= 15 is 0 Å². The van der Waals surface area contributed by atoms with Crippen LogP contribution < -0.4 is 9.47 Å². The quantitative estimate of drug-likeness (QED) is 0.766. The van der Waals surface area contributed by atoms with Gasteiger partial charge in [0.05, 0.1) is 19.9 Å². The first-order valence-corrected chi connectivity index (χ1v) is 6.56. The first-order chi connectivity index (χ1) is 10.2. The maximum atomic E-state index is 12.1. The van der Waals surface area contributed by atoms with E-state index in [4.69, 9.17) is 9.47 Å². The van der Waals surface area contributed by atoms with Crippen LogP contribution in [0.4, 0.5) is 0 Å². The van der Waals surface area contributed by atoms with Crippen LogP contribution in [0.5, 0.6) is 11.5 Å². The minimum Gasteiger partial charge on any atom is -0.493 e. The Morgan fingerprint density at radius 2 is 1.95 bits per heavy atom. The van der Waals surface area contributed by atoms with Gasteiger partial charge < -0.3 is 9.47 Å². The molecule has 21 heavy (non-hydrogen) atoms. The Kier molecular flexibility index (Phi) is 4.77. The minimum atomic E-state index is -0.114. The normalized spacial score (nSPS) is 10.2. The fourth-order valence-corrected chi connectivity index (χ4v) is 2.13.